The molecule has 0 atom stereocenters. The van der Waals surface area contributed by atoms with Crippen molar-refractivity contribution in [3.63, 3.8) is 0 Å². The molecule has 25 heavy (non-hydrogen) atoms. The first-order valence-electron chi connectivity index (χ1n) is 9.07. The largest absolute Gasteiger partial charge is 0.373 e. The molecule has 1 saturated carbocycles. The third kappa shape index (κ3) is 2.82. The summed E-state index contributed by atoms with van der Waals surface area (Å²) in [4.78, 5) is 22.1. The second-order valence-electron chi connectivity index (χ2n) is 8.68. The van der Waals surface area contributed by atoms with Gasteiger partial charge in [-0.2, -0.15) is 0 Å². The second kappa shape index (κ2) is 5.76. The highest BCUT2D eigenvalue weighted by Crippen LogP contribution is 2.46. The van der Waals surface area contributed by atoms with Crippen molar-refractivity contribution in [3.05, 3.63) is 22.4 Å². The number of hydrogen-bond acceptors (Lipinski definition) is 4. The molecule has 0 aromatic carbocycles. The summed E-state index contributed by atoms with van der Waals surface area (Å²) < 4.78 is 6.75. The monoisotopic (exact) mass is 407 g/mol. The smallest absolute Gasteiger partial charge is 0.239 e. The van der Waals surface area contributed by atoms with Crippen LogP contribution in [0.5, 0.6) is 0 Å². The van der Waals surface area contributed by atoms with E-state index in [0.717, 1.165) is 48.4 Å². The van der Waals surface area contributed by atoms with E-state index in [-0.39, 0.29) is 17.6 Å². The summed E-state index contributed by atoms with van der Waals surface area (Å²) in [6, 6.07) is 2.87. The van der Waals surface area contributed by atoms with Gasteiger partial charge < -0.3 is 9.64 Å². The zero-order valence-corrected chi connectivity index (χ0v) is 17.0. The normalized spacial score (nSPS) is 30.9. The Morgan fingerprint density at radius 3 is 2.64 bits per heavy atom. The van der Waals surface area contributed by atoms with Gasteiger partial charge in [-0.25, -0.2) is 0 Å². The van der Waals surface area contributed by atoms with E-state index in [1.807, 2.05) is 24.8 Å². The number of carbonyl (C=O) groups is 1. The fourth-order valence-corrected chi connectivity index (χ4v) is 4.72. The van der Waals surface area contributed by atoms with Crippen LogP contribution in [0.1, 0.15) is 46.2 Å². The van der Waals surface area contributed by atoms with Gasteiger partial charge in [0.05, 0.1) is 29.0 Å². The molecule has 0 N–H and O–H groups in total. The summed E-state index contributed by atoms with van der Waals surface area (Å²) in [6.45, 7) is 11.0. The first kappa shape index (κ1) is 17.4. The lowest BCUT2D eigenvalue weighted by atomic mass is 9.82. The van der Waals surface area contributed by atoms with E-state index >= 15 is 0 Å². The van der Waals surface area contributed by atoms with Crippen molar-refractivity contribution in [1.29, 1.82) is 0 Å². The van der Waals surface area contributed by atoms with Crippen LogP contribution >= 0.6 is 15.9 Å². The molecule has 5 nitrogen and oxygen atoms in total. The van der Waals surface area contributed by atoms with Gasteiger partial charge in [0.2, 0.25) is 5.91 Å². The highest BCUT2D eigenvalue weighted by atomic mass is 79.9. The molecule has 0 bridgehead atoms. The lowest BCUT2D eigenvalue weighted by molar-refractivity contribution is -0.125. The summed E-state index contributed by atoms with van der Waals surface area (Å²) in [5.74, 6) is 0.179. The Balaban J connectivity index is 1.51. The summed E-state index contributed by atoms with van der Waals surface area (Å²) in [7, 11) is 0. The molecule has 4 rings (SSSR count). The van der Waals surface area contributed by atoms with Gasteiger partial charge in [0, 0.05) is 35.8 Å². The van der Waals surface area contributed by atoms with Crippen LogP contribution in [0.15, 0.2) is 16.7 Å². The van der Waals surface area contributed by atoms with Crippen molar-refractivity contribution in [2.45, 2.75) is 63.6 Å². The number of ether oxygens (including phenoxy) is 1. The van der Waals surface area contributed by atoms with E-state index in [4.69, 9.17) is 4.74 Å². The third-order valence-corrected chi connectivity index (χ3v) is 6.30. The summed E-state index contributed by atoms with van der Waals surface area (Å²) >= 11 is 3.50. The molecule has 2 fully saturated rings. The van der Waals surface area contributed by atoms with Crippen LogP contribution in [0.3, 0.4) is 0 Å². The number of aromatic nitrogens is 1. The summed E-state index contributed by atoms with van der Waals surface area (Å²) in [6.07, 6.45) is 3.85. The molecule has 1 aromatic heterocycles. The minimum atomic E-state index is -0.540. The highest BCUT2D eigenvalue weighted by molar-refractivity contribution is 9.10. The maximum atomic E-state index is 13.1. The first-order valence-corrected chi connectivity index (χ1v) is 9.86. The Morgan fingerprint density at radius 1 is 1.24 bits per heavy atom. The van der Waals surface area contributed by atoms with Crippen LogP contribution in [0.4, 0.5) is 5.69 Å². The maximum Gasteiger partial charge on any atom is 0.239 e. The number of carbonyl (C=O) groups excluding carboxylic acids is 1. The van der Waals surface area contributed by atoms with Crippen molar-refractivity contribution < 1.29 is 9.53 Å². The van der Waals surface area contributed by atoms with E-state index in [0.29, 0.717) is 6.04 Å². The van der Waals surface area contributed by atoms with E-state index in [1.165, 1.54) is 0 Å². The number of nitrogens with zero attached hydrogens (tertiary/aromatic N) is 3. The number of anilines is 1. The molecule has 1 aliphatic carbocycles. The highest BCUT2D eigenvalue weighted by Gasteiger charge is 2.51. The van der Waals surface area contributed by atoms with Crippen molar-refractivity contribution in [2.24, 2.45) is 0 Å². The zero-order valence-electron chi connectivity index (χ0n) is 15.4. The topological polar surface area (TPSA) is 45.7 Å². The number of halogens is 1. The van der Waals surface area contributed by atoms with Crippen molar-refractivity contribution in [3.8, 4) is 0 Å². The third-order valence-electron chi connectivity index (χ3n) is 5.86. The predicted molar refractivity (Wildman–Crippen MR) is 101 cm³/mol. The van der Waals surface area contributed by atoms with Crippen LogP contribution in [0, 0.1) is 0 Å². The fourth-order valence-electron chi connectivity index (χ4n) is 4.40. The summed E-state index contributed by atoms with van der Waals surface area (Å²) in [5.41, 5.74) is 1.27. The van der Waals surface area contributed by atoms with Crippen LogP contribution < -0.4 is 4.90 Å². The number of pyridine rings is 1. The Kier molecular flexibility index (Phi) is 4.02. The molecule has 1 aromatic rings. The molecule has 1 saturated heterocycles. The number of morpholine rings is 1. The Morgan fingerprint density at radius 2 is 1.96 bits per heavy atom. The van der Waals surface area contributed by atoms with Crippen molar-refractivity contribution in [1.82, 2.24) is 9.88 Å². The number of amides is 1. The Bertz CT molecular complexity index is 713. The number of fused-ring (bicyclic) bond motifs is 1. The quantitative estimate of drug-likeness (QED) is 0.755. The van der Waals surface area contributed by atoms with Crippen LogP contribution in [-0.4, -0.2) is 53.2 Å². The van der Waals surface area contributed by atoms with E-state index in [1.54, 1.807) is 6.20 Å². The van der Waals surface area contributed by atoms with E-state index < -0.39 is 5.41 Å². The lowest BCUT2D eigenvalue weighted by Crippen LogP contribution is -2.60. The number of hydrogen-bond donors (Lipinski definition) is 0. The average Bonchev–Trinajstić information content (AvgIpc) is 2.65. The first-order chi connectivity index (χ1) is 11.7. The van der Waals surface area contributed by atoms with Crippen LogP contribution in [-0.2, 0) is 14.9 Å². The van der Waals surface area contributed by atoms with Gasteiger partial charge in [-0.1, -0.05) is 0 Å². The van der Waals surface area contributed by atoms with Crippen LogP contribution in [0.2, 0.25) is 0 Å². The van der Waals surface area contributed by atoms with Gasteiger partial charge in [-0.3, -0.25) is 14.7 Å². The van der Waals surface area contributed by atoms with Gasteiger partial charge >= 0.3 is 0 Å². The lowest BCUT2D eigenvalue weighted by Gasteiger charge is -2.50. The molecule has 3 heterocycles. The molecule has 6 heteroatoms. The molecule has 1 amide bonds. The molecule has 3 aliphatic rings. The molecule has 0 radical (unpaired) electrons. The van der Waals surface area contributed by atoms with Crippen molar-refractivity contribution in [2.75, 3.05) is 24.6 Å². The van der Waals surface area contributed by atoms with Gasteiger partial charge in [0.25, 0.3) is 0 Å². The van der Waals surface area contributed by atoms with Gasteiger partial charge in [-0.05, 0) is 62.5 Å². The van der Waals surface area contributed by atoms with Crippen molar-refractivity contribution >= 4 is 27.5 Å². The Hall–Kier alpha value is -0.980. The van der Waals surface area contributed by atoms with Gasteiger partial charge in [0.15, 0.2) is 0 Å². The molecule has 136 valence electrons. The molecular weight excluding hydrogens is 382 g/mol. The minimum Gasteiger partial charge on any atom is -0.373 e. The zero-order chi connectivity index (χ0) is 18.0. The predicted octanol–water partition coefficient (Wildman–Crippen LogP) is 3.11. The van der Waals surface area contributed by atoms with Gasteiger partial charge in [0.1, 0.15) is 0 Å². The fraction of sp³-hybridized carbons (Fsp3) is 0.684. The van der Waals surface area contributed by atoms with E-state index in [2.05, 4.69) is 39.7 Å². The minimum absolute atomic E-state index is 0.0732. The molecular formula is C19H26BrN3O2. The number of rotatable bonds is 2. The van der Waals surface area contributed by atoms with Crippen LogP contribution in [0.25, 0.3) is 0 Å². The van der Waals surface area contributed by atoms with Gasteiger partial charge in [-0.15, -0.1) is 0 Å². The average molecular weight is 408 g/mol. The second-order valence-corrected chi connectivity index (χ2v) is 9.59. The maximum absolute atomic E-state index is 13.1. The summed E-state index contributed by atoms with van der Waals surface area (Å²) in [5, 5.41) is 0. The Labute approximate surface area is 157 Å². The standard InChI is InChI=1S/C19H26BrN3O2/c1-18(2)11-22(5-6-25-18)13-8-14(9-13)23-15-7-12(20)10-21-16(15)19(3,4)17(23)24/h7,10,13-14H,5-6,8-9,11H2,1-4H3. The molecule has 0 spiro atoms. The molecule has 0 unspecified atom stereocenters. The SMILES string of the molecule is CC1(C)CN(C2CC(N3C(=O)C(C)(C)c4ncc(Br)cc43)C2)CCO1. The van der Waals surface area contributed by atoms with E-state index in [9.17, 15) is 4.79 Å². The molecule has 2 aliphatic heterocycles.